The molecule has 0 bridgehead atoms. The van der Waals surface area contributed by atoms with Crippen LogP contribution < -0.4 is 0 Å². The molecule has 0 radical (unpaired) electrons. The normalized spacial score (nSPS) is 12.1. The van der Waals surface area contributed by atoms with E-state index in [4.69, 9.17) is 4.99 Å². The molecule has 164 valence electrons. The van der Waals surface area contributed by atoms with E-state index in [0.29, 0.717) is 17.0 Å². The molecular formula is C27H30N4O. The molecule has 5 heteroatoms. The van der Waals surface area contributed by atoms with Gasteiger partial charge in [-0.2, -0.15) is 0 Å². The first-order valence-electron chi connectivity index (χ1n) is 11.2. The van der Waals surface area contributed by atoms with E-state index in [2.05, 4.69) is 40.8 Å². The molecule has 0 spiro atoms. The maximum Gasteiger partial charge on any atom is 0.199 e. The molecule has 4 rings (SSSR count). The summed E-state index contributed by atoms with van der Waals surface area (Å²) in [7, 11) is 0. The Morgan fingerprint density at radius 1 is 1.06 bits per heavy atom. The maximum absolute atomic E-state index is 10.8. The zero-order valence-electron chi connectivity index (χ0n) is 19.0. The first kappa shape index (κ1) is 21.8. The maximum atomic E-state index is 10.8. The highest BCUT2D eigenvalue weighted by molar-refractivity contribution is 6.21. The Morgan fingerprint density at radius 3 is 2.56 bits per heavy atom. The lowest BCUT2D eigenvalue weighted by Gasteiger charge is -2.19. The van der Waals surface area contributed by atoms with Crippen LogP contribution in [0.15, 0.2) is 71.9 Å². The van der Waals surface area contributed by atoms with Crippen molar-refractivity contribution in [1.29, 1.82) is 0 Å². The molecule has 0 fully saturated rings. The van der Waals surface area contributed by atoms with Gasteiger partial charge in [0.15, 0.2) is 5.88 Å². The summed E-state index contributed by atoms with van der Waals surface area (Å²) >= 11 is 0. The van der Waals surface area contributed by atoms with Gasteiger partial charge in [-0.3, -0.25) is 9.88 Å². The zero-order chi connectivity index (χ0) is 22.5. The van der Waals surface area contributed by atoms with E-state index >= 15 is 0 Å². The van der Waals surface area contributed by atoms with Crippen molar-refractivity contribution in [3.05, 3.63) is 89.2 Å². The summed E-state index contributed by atoms with van der Waals surface area (Å²) in [5.74, 6) is 0.102. The molecular weight excluding hydrogens is 396 g/mol. The predicted octanol–water partition coefficient (Wildman–Crippen LogP) is 5.98. The molecule has 0 aliphatic rings. The van der Waals surface area contributed by atoms with Gasteiger partial charge >= 0.3 is 0 Å². The number of rotatable bonds is 8. The van der Waals surface area contributed by atoms with Crippen molar-refractivity contribution in [1.82, 2.24) is 14.9 Å². The molecule has 0 unspecified atom stereocenters. The van der Waals surface area contributed by atoms with E-state index in [1.807, 2.05) is 55.5 Å². The first-order chi connectivity index (χ1) is 15.6. The lowest BCUT2D eigenvalue weighted by Crippen LogP contribution is -2.23. The molecule has 0 aliphatic carbocycles. The van der Waals surface area contributed by atoms with Crippen molar-refractivity contribution in [3.63, 3.8) is 0 Å². The molecule has 2 N–H and O–H groups in total. The number of aromatic amines is 1. The van der Waals surface area contributed by atoms with Crippen molar-refractivity contribution in [2.75, 3.05) is 13.1 Å². The van der Waals surface area contributed by atoms with Crippen LogP contribution in [0.4, 0.5) is 5.69 Å². The highest BCUT2D eigenvalue weighted by atomic mass is 16.3. The van der Waals surface area contributed by atoms with E-state index in [-0.39, 0.29) is 5.88 Å². The number of nitrogens with zero attached hydrogens (tertiary/aromatic N) is 3. The lowest BCUT2D eigenvalue weighted by atomic mass is 10.0. The monoisotopic (exact) mass is 426 g/mol. The Hall–Kier alpha value is -3.44. The fraction of sp³-hybridized carbons (Fsp3) is 0.259. The third-order valence-corrected chi connectivity index (χ3v) is 5.65. The minimum absolute atomic E-state index is 0.102. The topological polar surface area (TPSA) is 64.5 Å². The van der Waals surface area contributed by atoms with Crippen molar-refractivity contribution in [3.8, 4) is 5.88 Å². The number of aryl methyl sites for hydroxylation is 1. The third kappa shape index (κ3) is 4.73. The number of hydrogen-bond donors (Lipinski definition) is 2. The Balaban J connectivity index is 1.75. The van der Waals surface area contributed by atoms with E-state index in [1.54, 1.807) is 6.20 Å². The van der Waals surface area contributed by atoms with Gasteiger partial charge in [-0.25, -0.2) is 4.99 Å². The number of nitrogens with one attached hydrogen (secondary N) is 1. The van der Waals surface area contributed by atoms with Crippen LogP contribution in [0.5, 0.6) is 5.88 Å². The molecule has 2 heterocycles. The number of aliphatic imine (C=N–C) groups is 1. The first-order valence-corrected chi connectivity index (χ1v) is 11.2. The standard InChI is InChI=1S/C27H30N4O/c1-4-16-31(5-2)18-20-10-12-21(13-11-20)29-26(23-8-6-7-15-28-23)25-22-14-9-19(3)17-24(22)30-27(25)32/h6-15,17,30,32H,4-5,16,18H2,1-3H3. The van der Waals surface area contributed by atoms with Crippen LogP contribution in [-0.2, 0) is 6.54 Å². The van der Waals surface area contributed by atoms with E-state index < -0.39 is 0 Å². The molecule has 0 aliphatic heterocycles. The van der Waals surface area contributed by atoms with Crippen molar-refractivity contribution < 1.29 is 5.11 Å². The molecule has 0 amide bonds. The number of fused-ring (bicyclic) bond motifs is 1. The predicted molar refractivity (Wildman–Crippen MR) is 132 cm³/mol. The smallest absolute Gasteiger partial charge is 0.199 e. The minimum Gasteiger partial charge on any atom is -0.494 e. The quantitative estimate of drug-likeness (QED) is 0.341. The van der Waals surface area contributed by atoms with Gasteiger partial charge in [0.1, 0.15) is 5.71 Å². The van der Waals surface area contributed by atoms with Crippen molar-refractivity contribution >= 4 is 22.3 Å². The second kappa shape index (κ2) is 9.79. The van der Waals surface area contributed by atoms with E-state index in [9.17, 15) is 5.11 Å². The Bertz CT molecular complexity index is 1210. The second-order valence-corrected chi connectivity index (χ2v) is 8.11. The SMILES string of the molecule is CCCN(CC)Cc1ccc(N=C(c2ccccn2)c2c(O)[nH]c3cc(C)ccc23)cc1. The summed E-state index contributed by atoms with van der Waals surface area (Å²) in [4.78, 5) is 15.0. The zero-order valence-corrected chi connectivity index (χ0v) is 19.0. The Kier molecular flexibility index (Phi) is 6.66. The average molecular weight is 427 g/mol. The summed E-state index contributed by atoms with van der Waals surface area (Å²) in [6.07, 6.45) is 2.90. The van der Waals surface area contributed by atoms with Crippen LogP contribution in [0.25, 0.3) is 10.9 Å². The highest BCUT2D eigenvalue weighted by Crippen LogP contribution is 2.31. The summed E-state index contributed by atoms with van der Waals surface area (Å²) in [6.45, 7) is 9.51. The van der Waals surface area contributed by atoms with Crippen LogP contribution in [0.3, 0.4) is 0 Å². The van der Waals surface area contributed by atoms with Crippen molar-refractivity contribution in [2.24, 2.45) is 4.99 Å². The summed E-state index contributed by atoms with van der Waals surface area (Å²) < 4.78 is 0. The second-order valence-electron chi connectivity index (χ2n) is 8.11. The van der Waals surface area contributed by atoms with Crippen LogP contribution in [0.2, 0.25) is 0 Å². The molecule has 2 aromatic heterocycles. The van der Waals surface area contributed by atoms with Gasteiger partial charge in [-0.05, 0) is 67.9 Å². The van der Waals surface area contributed by atoms with Crippen LogP contribution in [0, 0.1) is 6.92 Å². The molecule has 0 atom stereocenters. The fourth-order valence-corrected chi connectivity index (χ4v) is 4.01. The average Bonchev–Trinajstić information content (AvgIpc) is 3.13. The summed E-state index contributed by atoms with van der Waals surface area (Å²) in [5, 5.41) is 11.7. The van der Waals surface area contributed by atoms with Gasteiger partial charge in [-0.1, -0.05) is 44.2 Å². The fourth-order valence-electron chi connectivity index (χ4n) is 4.01. The van der Waals surface area contributed by atoms with E-state index in [0.717, 1.165) is 48.2 Å². The lowest BCUT2D eigenvalue weighted by molar-refractivity contribution is 0.280. The number of hydrogen-bond acceptors (Lipinski definition) is 4. The number of pyridine rings is 1. The molecule has 2 aromatic carbocycles. The largest absolute Gasteiger partial charge is 0.494 e. The molecule has 32 heavy (non-hydrogen) atoms. The van der Waals surface area contributed by atoms with Crippen LogP contribution in [0.1, 0.15) is 42.7 Å². The third-order valence-electron chi connectivity index (χ3n) is 5.65. The number of benzene rings is 2. The van der Waals surface area contributed by atoms with Gasteiger partial charge in [0.05, 0.1) is 16.9 Å². The molecule has 5 nitrogen and oxygen atoms in total. The van der Waals surface area contributed by atoms with Crippen LogP contribution >= 0.6 is 0 Å². The van der Waals surface area contributed by atoms with Gasteiger partial charge in [0, 0.05) is 23.6 Å². The van der Waals surface area contributed by atoms with E-state index in [1.165, 1.54) is 5.56 Å². The number of H-pyrrole nitrogens is 1. The number of aromatic nitrogens is 2. The van der Waals surface area contributed by atoms with Gasteiger partial charge in [0.25, 0.3) is 0 Å². The van der Waals surface area contributed by atoms with Crippen molar-refractivity contribution in [2.45, 2.75) is 33.7 Å². The minimum atomic E-state index is 0.102. The summed E-state index contributed by atoms with van der Waals surface area (Å²) in [5.41, 5.74) is 6.13. The van der Waals surface area contributed by atoms with Crippen LogP contribution in [-0.4, -0.2) is 38.8 Å². The highest BCUT2D eigenvalue weighted by Gasteiger charge is 2.19. The van der Waals surface area contributed by atoms with Gasteiger partial charge in [0.2, 0.25) is 0 Å². The van der Waals surface area contributed by atoms with Gasteiger partial charge in [-0.15, -0.1) is 0 Å². The Labute approximate surface area is 189 Å². The number of aromatic hydroxyl groups is 1. The Morgan fingerprint density at radius 2 is 1.88 bits per heavy atom. The van der Waals surface area contributed by atoms with Gasteiger partial charge < -0.3 is 10.1 Å². The summed E-state index contributed by atoms with van der Waals surface area (Å²) in [6, 6.07) is 20.2. The molecule has 0 saturated heterocycles. The molecule has 4 aromatic rings. The molecule has 0 saturated carbocycles.